The number of halogens is 3. The fourth-order valence-electron chi connectivity index (χ4n) is 3.18. The van der Waals surface area contributed by atoms with E-state index in [1.807, 2.05) is 17.5 Å². The molecule has 1 N–H and O–H groups in total. The summed E-state index contributed by atoms with van der Waals surface area (Å²) in [6, 6.07) is 3.99. The second kappa shape index (κ2) is 7.61. The molecule has 2 aromatic rings. The van der Waals surface area contributed by atoms with E-state index in [2.05, 4.69) is 9.88 Å². The molecule has 3 rings (SSSR count). The van der Waals surface area contributed by atoms with Gasteiger partial charge in [0.1, 0.15) is 0 Å². The lowest BCUT2D eigenvalue weighted by Gasteiger charge is -2.37. The van der Waals surface area contributed by atoms with Gasteiger partial charge < -0.3 is 14.6 Å². The molecule has 0 saturated carbocycles. The average molecular weight is 402 g/mol. The number of aryl methyl sites for hydroxylation is 1. The summed E-state index contributed by atoms with van der Waals surface area (Å²) in [6.07, 6.45) is -3.62. The third kappa shape index (κ3) is 4.17. The van der Waals surface area contributed by atoms with Gasteiger partial charge in [-0.15, -0.1) is 11.3 Å². The lowest BCUT2D eigenvalue weighted by atomic mass is 9.96. The van der Waals surface area contributed by atoms with Crippen LogP contribution in [0, 0.1) is 0 Å². The van der Waals surface area contributed by atoms with Crippen LogP contribution in [0.5, 0.6) is 0 Å². The molecule has 6 nitrogen and oxygen atoms in total. The smallest absolute Gasteiger partial charge is 0.374 e. The summed E-state index contributed by atoms with van der Waals surface area (Å²) >= 11 is 1.64. The van der Waals surface area contributed by atoms with Crippen LogP contribution in [0.2, 0.25) is 0 Å². The Morgan fingerprint density at radius 1 is 1.30 bits per heavy atom. The van der Waals surface area contributed by atoms with E-state index in [1.54, 1.807) is 11.3 Å². The monoisotopic (exact) mass is 402 g/mol. The molecule has 1 aliphatic rings. The number of piperazine rings is 1. The second-order valence-electron chi connectivity index (χ2n) is 6.63. The van der Waals surface area contributed by atoms with Crippen molar-refractivity contribution in [1.82, 2.24) is 19.4 Å². The Morgan fingerprint density at radius 3 is 2.52 bits per heavy atom. The van der Waals surface area contributed by atoms with E-state index < -0.39 is 29.9 Å². The average Bonchev–Trinajstić information content (AvgIpc) is 3.26. The molecule has 0 spiro atoms. The second-order valence-corrected chi connectivity index (χ2v) is 7.67. The highest BCUT2D eigenvalue weighted by Gasteiger charge is 2.59. The molecule has 2 aromatic heterocycles. The van der Waals surface area contributed by atoms with E-state index in [4.69, 9.17) is 0 Å². The zero-order valence-corrected chi connectivity index (χ0v) is 15.6. The van der Waals surface area contributed by atoms with E-state index in [1.165, 1.54) is 29.2 Å². The van der Waals surface area contributed by atoms with Gasteiger partial charge in [-0.05, 0) is 11.4 Å². The molecule has 1 fully saturated rings. The number of hydrogen-bond donors (Lipinski definition) is 1. The third-order valence-corrected chi connectivity index (χ3v) is 5.61. The van der Waals surface area contributed by atoms with Crippen LogP contribution in [0.1, 0.15) is 17.1 Å². The van der Waals surface area contributed by atoms with Gasteiger partial charge in [-0.1, -0.05) is 6.07 Å². The van der Waals surface area contributed by atoms with E-state index in [-0.39, 0.29) is 0 Å². The molecule has 10 heteroatoms. The predicted octanol–water partition coefficient (Wildman–Crippen LogP) is 1.97. The maximum Gasteiger partial charge on any atom is 0.425 e. The van der Waals surface area contributed by atoms with Gasteiger partial charge in [0.2, 0.25) is 11.5 Å². The summed E-state index contributed by atoms with van der Waals surface area (Å²) in [5.74, 6) is -1.31. The first kappa shape index (κ1) is 19.8. The van der Waals surface area contributed by atoms with Crippen molar-refractivity contribution in [3.63, 3.8) is 0 Å². The quantitative estimate of drug-likeness (QED) is 0.831. The van der Waals surface area contributed by atoms with Crippen molar-refractivity contribution in [1.29, 1.82) is 0 Å². The topological polar surface area (TPSA) is 61.6 Å². The van der Waals surface area contributed by atoms with Gasteiger partial charge >= 0.3 is 6.18 Å². The molecule has 1 aliphatic heterocycles. The first-order valence-corrected chi connectivity index (χ1v) is 9.38. The summed E-state index contributed by atoms with van der Waals surface area (Å²) < 4.78 is 41.8. The van der Waals surface area contributed by atoms with Gasteiger partial charge in [0.15, 0.2) is 5.82 Å². The normalized spacial score (nSPS) is 18.5. The number of alkyl halides is 3. The number of carbonyl (C=O) groups excluding carboxylic acids is 1. The SMILES string of the molecule is Cn1ccnc1C(O)(CC(=O)N1CCN(Cc2cccs2)CC1)C(F)(F)F. The summed E-state index contributed by atoms with van der Waals surface area (Å²) in [6.45, 7) is 2.59. The van der Waals surface area contributed by atoms with Crippen molar-refractivity contribution in [3.05, 3.63) is 40.6 Å². The van der Waals surface area contributed by atoms with Crippen LogP contribution in [0.4, 0.5) is 13.2 Å². The van der Waals surface area contributed by atoms with Crippen LogP contribution in [0.15, 0.2) is 29.9 Å². The molecule has 1 unspecified atom stereocenters. The molecule has 27 heavy (non-hydrogen) atoms. The number of aromatic nitrogens is 2. The molecule has 1 saturated heterocycles. The number of thiophene rings is 1. The lowest BCUT2D eigenvalue weighted by Crippen LogP contribution is -2.52. The standard InChI is InChI=1S/C17H21F3N4O2S/c1-22-5-4-21-15(22)16(26,17(18,19)20)11-14(25)24-8-6-23(7-9-24)12-13-3-2-10-27-13/h2-5,10,26H,6-9,11-12H2,1H3. The van der Waals surface area contributed by atoms with Gasteiger partial charge in [-0.3, -0.25) is 9.69 Å². The predicted molar refractivity (Wildman–Crippen MR) is 94.0 cm³/mol. The highest BCUT2D eigenvalue weighted by Crippen LogP contribution is 2.41. The van der Waals surface area contributed by atoms with Crippen LogP contribution >= 0.6 is 11.3 Å². The van der Waals surface area contributed by atoms with E-state index in [0.29, 0.717) is 26.2 Å². The Balaban J connectivity index is 1.64. The molecule has 0 radical (unpaired) electrons. The summed E-state index contributed by atoms with van der Waals surface area (Å²) in [7, 11) is 1.35. The van der Waals surface area contributed by atoms with Crippen LogP contribution in [0.3, 0.4) is 0 Å². The Labute approximate surface area is 158 Å². The Kier molecular flexibility index (Phi) is 5.59. The molecule has 0 aliphatic carbocycles. The van der Waals surface area contributed by atoms with Crippen molar-refractivity contribution >= 4 is 17.2 Å². The van der Waals surface area contributed by atoms with Crippen molar-refractivity contribution in [2.45, 2.75) is 24.7 Å². The molecule has 1 amide bonds. The van der Waals surface area contributed by atoms with Crippen molar-refractivity contribution in [3.8, 4) is 0 Å². The number of hydrogen-bond acceptors (Lipinski definition) is 5. The summed E-state index contributed by atoms with van der Waals surface area (Å²) in [4.78, 5) is 20.9. The first-order chi connectivity index (χ1) is 12.7. The fourth-order valence-corrected chi connectivity index (χ4v) is 3.93. The highest BCUT2D eigenvalue weighted by atomic mass is 32.1. The molecule has 0 bridgehead atoms. The number of aliphatic hydroxyl groups is 1. The minimum atomic E-state index is -5.01. The Morgan fingerprint density at radius 2 is 2.00 bits per heavy atom. The van der Waals surface area contributed by atoms with Gasteiger partial charge in [-0.2, -0.15) is 13.2 Å². The number of carbonyl (C=O) groups is 1. The Hall–Kier alpha value is -1.91. The number of rotatable bonds is 5. The Bertz CT molecular complexity index is 769. The lowest BCUT2D eigenvalue weighted by molar-refractivity contribution is -0.272. The largest absolute Gasteiger partial charge is 0.425 e. The van der Waals surface area contributed by atoms with Gasteiger partial charge in [0, 0.05) is 57.0 Å². The minimum absolute atomic E-state index is 0.332. The first-order valence-electron chi connectivity index (χ1n) is 8.50. The van der Waals surface area contributed by atoms with Crippen molar-refractivity contribution < 1.29 is 23.1 Å². The van der Waals surface area contributed by atoms with Crippen molar-refractivity contribution in [2.24, 2.45) is 7.05 Å². The molecule has 148 valence electrons. The third-order valence-electron chi connectivity index (χ3n) is 4.75. The zero-order valence-electron chi connectivity index (χ0n) is 14.8. The maximum atomic E-state index is 13.6. The number of nitrogens with zero attached hydrogens (tertiary/aromatic N) is 4. The fraction of sp³-hybridized carbons (Fsp3) is 0.529. The van der Waals surface area contributed by atoms with Gasteiger partial charge in [0.25, 0.3) is 0 Å². The van der Waals surface area contributed by atoms with Gasteiger partial charge in [-0.25, -0.2) is 4.98 Å². The van der Waals surface area contributed by atoms with Crippen molar-refractivity contribution in [2.75, 3.05) is 26.2 Å². The summed E-state index contributed by atoms with van der Waals surface area (Å²) in [5.41, 5.74) is -3.31. The van der Waals surface area contributed by atoms with Crippen LogP contribution in [-0.4, -0.2) is 62.7 Å². The molecule has 0 aromatic carbocycles. The van der Waals surface area contributed by atoms with Crippen LogP contribution in [-0.2, 0) is 24.0 Å². The highest BCUT2D eigenvalue weighted by molar-refractivity contribution is 7.09. The number of imidazole rings is 1. The molecule has 3 heterocycles. The molecule has 1 atom stereocenters. The van der Waals surface area contributed by atoms with E-state index >= 15 is 0 Å². The zero-order chi connectivity index (χ0) is 19.7. The van der Waals surface area contributed by atoms with Crippen LogP contribution in [0.25, 0.3) is 0 Å². The van der Waals surface area contributed by atoms with Gasteiger partial charge in [0.05, 0.1) is 6.42 Å². The maximum absolute atomic E-state index is 13.6. The molecular weight excluding hydrogens is 381 g/mol. The van der Waals surface area contributed by atoms with Crippen LogP contribution < -0.4 is 0 Å². The van der Waals surface area contributed by atoms with E-state index in [9.17, 15) is 23.1 Å². The minimum Gasteiger partial charge on any atom is -0.374 e. The van der Waals surface area contributed by atoms with E-state index in [0.717, 1.165) is 11.1 Å². The molecular formula is C17H21F3N4O2S. The summed E-state index contributed by atoms with van der Waals surface area (Å²) in [5, 5.41) is 12.3. The number of amides is 1.